The van der Waals surface area contributed by atoms with E-state index in [4.69, 9.17) is 0 Å². The number of hydrogen-bond donors (Lipinski definition) is 2. The van der Waals surface area contributed by atoms with Crippen molar-refractivity contribution in [2.45, 2.75) is 30.0 Å². The second-order valence-electron chi connectivity index (χ2n) is 3.86. The zero-order valence-corrected chi connectivity index (χ0v) is 11.9. The van der Waals surface area contributed by atoms with E-state index in [2.05, 4.69) is 15.0 Å². The van der Waals surface area contributed by atoms with Gasteiger partial charge in [-0.15, -0.1) is 23.7 Å². The monoisotopic (exact) mass is 297 g/mol. The number of aryl methyl sites for hydroxylation is 1. The van der Waals surface area contributed by atoms with Gasteiger partial charge in [-0.2, -0.15) is 0 Å². The molecular formula is C9H16ClN3O2S2. The lowest BCUT2D eigenvalue weighted by atomic mass is 10.1. The van der Waals surface area contributed by atoms with Crippen molar-refractivity contribution in [1.82, 2.24) is 15.0 Å². The van der Waals surface area contributed by atoms with Crippen LogP contribution in [-0.2, 0) is 10.0 Å². The lowest BCUT2D eigenvalue weighted by molar-refractivity contribution is 0.429. The topological polar surface area (TPSA) is 71.1 Å². The summed E-state index contributed by atoms with van der Waals surface area (Å²) in [5.41, 5.74) is 0. The van der Waals surface area contributed by atoms with E-state index in [9.17, 15) is 8.42 Å². The second kappa shape index (κ2) is 6.10. The maximum Gasteiger partial charge on any atom is 0.251 e. The van der Waals surface area contributed by atoms with Crippen LogP contribution in [0.2, 0.25) is 0 Å². The summed E-state index contributed by atoms with van der Waals surface area (Å²) in [5, 5.41) is 3.94. The van der Waals surface area contributed by atoms with Crippen LogP contribution in [0.15, 0.2) is 10.4 Å². The summed E-state index contributed by atoms with van der Waals surface area (Å²) >= 11 is 1.20. The molecule has 0 amide bonds. The van der Waals surface area contributed by atoms with E-state index < -0.39 is 10.0 Å². The van der Waals surface area contributed by atoms with Gasteiger partial charge in [-0.05, 0) is 26.3 Å². The molecule has 2 rings (SSSR count). The van der Waals surface area contributed by atoms with Crippen molar-refractivity contribution in [2.75, 3.05) is 13.1 Å². The molecule has 1 aliphatic rings. The van der Waals surface area contributed by atoms with Gasteiger partial charge in [-0.1, -0.05) is 0 Å². The molecule has 1 atom stereocenters. The van der Waals surface area contributed by atoms with E-state index in [1.54, 1.807) is 6.92 Å². The van der Waals surface area contributed by atoms with Crippen molar-refractivity contribution in [3.05, 3.63) is 11.2 Å². The smallest absolute Gasteiger partial charge is 0.251 e. The van der Waals surface area contributed by atoms with Gasteiger partial charge in [-0.25, -0.2) is 18.1 Å². The number of rotatable bonds is 3. The molecular weight excluding hydrogens is 282 g/mol. The Morgan fingerprint density at radius 2 is 2.35 bits per heavy atom. The van der Waals surface area contributed by atoms with Gasteiger partial charge in [0.2, 0.25) is 0 Å². The molecule has 1 aliphatic heterocycles. The molecule has 0 spiro atoms. The van der Waals surface area contributed by atoms with Crippen molar-refractivity contribution in [3.63, 3.8) is 0 Å². The first-order valence-electron chi connectivity index (χ1n) is 5.23. The summed E-state index contributed by atoms with van der Waals surface area (Å²) < 4.78 is 26.9. The Morgan fingerprint density at radius 1 is 1.59 bits per heavy atom. The molecule has 0 bridgehead atoms. The Hall–Kier alpha value is -0.210. The van der Waals surface area contributed by atoms with Gasteiger partial charge in [0, 0.05) is 12.6 Å². The van der Waals surface area contributed by atoms with Crippen LogP contribution in [0.3, 0.4) is 0 Å². The third-order valence-electron chi connectivity index (χ3n) is 2.48. The minimum atomic E-state index is -3.37. The van der Waals surface area contributed by atoms with E-state index >= 15 is 0 Å². The summed E-state index contributed by atoms with van der Waals surface area (Å²) in [5.74, 6) is 0. The average molecular weight is 298 g/mol. The van der Waals surface area contributed by atoms with Gasteiger partial charge in [0.05, 0.1) is 11.2 Å². The first-order chi connectivity index (χ1) is 7.58. The summed E-state index contributed by atoms with van der Waals surface area (Å²) in [6.07, 6.45) is 3.32. The van der Waals surface area contributed by atoms with Crippen LogP contribution < -0.4 is 10.0 Å². The Morgan fingerprint density at radius 3 is 2.88 bits per heavy atom. The Bertz CT molecular complexity index is 455. The molecule has 0 unspecified atom stereocenters. The molecule has 1 saturated heterocycles. The first kappa shape index (κ1) is 14.8. The van der Waals surface area contributed by atoms with Crippen LogP contribution in [0.4, 0.5) is 0 Å². The third kappa shape index (κ3) is 3.89. The number of piperidine rings is 1. The summed E-state index contributed by atoms with van der Waals surface area (Å²) in [4.78, 5) is 3.96. The minimum absolute atomic E-state index is 0. The van der Waals surface area contributed by atoms with Gasteiger partial charge in [0.1, 0.15) is 0 Å². The molecule has 98 valence electrons. The maximum absolute atomic E-state index is 11.9. The number of hydrogen-bond acceptors (Lipinski definition) is 5. The van der Waals surface area contributed by atoms with Crippen molar-refractivity contribution in [3.8, 4) is 0 Å². The molecule has 1 aromatic heterocycles. The SMILES string of the molecule is Cc1ncc(S(=O)(=O)N[C@H]2CCCNC2)s1.Cl. The predicted molar refractivity (Wildman–Crippen MR) is 70.3 cm³/mol. The van der Waals surface area contributed by atoms with Crippen LogP contribution in [0.25, 0.3) is 0 Å². The van der Waals surface area contributed by atoms with Crippen molar-refractivity contribution < 1.29 is 8.42 Å². The van der Waals surface area contributed by atoms with Crippen LogP contribution in [0.5, 0.6) is 0 Å². The average Bonchev–Trinajstić information content (AvgIpc) is 2.66. The van der Waals surface area contributed by atoms with Gasteiger partial charge < -0.3 is 5.32 Å². The quantitative estimate of drug-likeness (QED) is 0.870. The Kier molecular flexibility index (Phi) is 5.33. The number of thiazole rings is 1. The van der Waals surface area contributed by atoms with E-state index in [0.717, 1.165) is 24.4 Å². The standard InChI is InChI=1S/C9H15N3O2S2.ClH/c1-7-11-6-9(15-7)16(13,14)12-8-3-2-4-10-5-8;/h6,8,10,12H,2-5H2,1H3;1H/t8-;/m0./s1. The number of nitrogens with zero attached hydrogens (tertiary/aromatic N) is 1. The maximum atomic E-state index is 11.9. The number of nitrogens with one attached hydrogen (secondary N) is 2. The van der Waals surface area contributed by atoms with Crippen LogP contribution in [0, 0.1) is 6.92 Å². The zero-order chi connectivity index (χ0) is 11.6. The largest absolute Gasteiger partial charge is 0.315 e. The van der Waals surface area contributed by atoms with Crippen molar-refractivity contribution >= 4 is 33.8 Å². The fraction of sp³-hybridized carbons (Fsp3) is 0.667. The molecule has 8 heteroatoms. The third-order valence-corrected chi connectivity index (χ3v) is 5.38. The molecule has 17 heavy (non-hydrogen) atoms. The highest BCUT2D eigenvalue weighted by molar-refractivity contribution is 7.91. The van der Waals surface area contributed by atoms with Crippen molar-refractivity contribution in [1.29, 1.82) is 0 Å². The molecule has 5 nitrogen and oxygen atoms in total. The number of sulfonamides is 1. The Balaban J connectivity index is 0.00000144. The summed E-state index contributed by atoms with van der Waals surface area (Å²) in [6.45, 7) is 3.47. The van der Waals surface area contributed by atoms with Crippen molar-refractivity contribution in [2.24, 2.45) is 0 Å². The summed E-state index contributed by atoms with van der Waals surface area (Å²) in [7, 11) is -3.37. The van der Waals surface area contributed by atoms with Crippen LogP contribution >= 0.6 is 23.7 Å². The number of aromatic nitrogens is 1. The lowest BCUT2D eigenvalue weighted by Crippen LogP contribution is -2.45. The molecule has 0 saturated carbocycles. The molecule has 2 N–H and O–H groups in total. The highest BCUT2D eigenvalue weighted by Gasteiger charge is 2.23. The van der Waals surface area contributed by atoms with E-state index in [1.165, 1.54) is 17.5 Å². The Labute approximate surface area is 111 Å². The molecule has 1 aromatic rings. The molecule has 2 heterocycles. The van der Waals surface area contributed by atoms with Crippen LogP contribution in [-0.4, -0.2) is 32.5 Å². The molecule has 0 radical (unpaired) electrons. The summed E-state index contributed by atoms with van der Waals surface area (Å²) in [6, 6.07) is 0.00107. The molecule has 0 aromatic carbocycles. The minimum Gasteiger partial charge on any atom is -0.315 e. The zero-order valence-electron chi connectivity index (χ0n) is 9.47. The van der Waals surface area contributed by atoms with E-state index in [-0.39, 0.29) is 18.4 Å². The lowest BCUT2D eigenvalue weighted by Gasteiger charge is -2.23. The fourth-order valence-electron chi connectivity index (χ4n) is 1.70. The van der Waals surface area contributed by atoms with Gasteiger partial charge in [0.25, 0.3) is 10.0 Å². The van der Waals surface area contributed by atoms with Gasteiger partial charge >= 0.3 is 0 Å². The molecule has 1 fully saturated rings. The van der Waals surface area contributed by atoms with E-state index in [1.807, 2.05) is 0 Å². The first-order valence-corrected chi connectivity index (χ1v) is 7.53. The number of halogens is 1. The fourth-order valence-corrected chi connectivity index (χ4v) is 4.09. The van der Waals surface area contributed by atoms with Crippen LogP contribution in [0.1, 0.15) is 17.8 Å². The van der Waals surface area contributed by atoms with Gasteiger partial charge in [0.15, 0.2) is 4.21 Å². The van der Waals surface area contributed by atoms with E-state index in [0.29, 0.717) is 10.8 Å². The second-order valence-corrected chi connectivity index (χ2v) is 7.04. The highest BCUT2D eigenvalue weighted by Crippen LogP contribution is 2.18. The highest BCUT2D eigenvalue weighted by atomic mass is 35.5. The van der Waals surface area contributed by atoms with Gasteiger partial charge in [-0.3, -0.25) is 0 Å². The predicted octanol–water partition coefficient (Wildman–Crippen LogP) is 0.904. The molecule has 0 aliphatic carbocycles. The normalized spacial score (nSPS) is 20.9.